The molecule has 0 aromatic carbocycles. The number of piperidine rings is 1. The first-order chi connectivity index (χ1) is 9.41. The lowest BCUT2D eigenvalue weighted by molar-refractivity contribution is 0.0796. The van der Waals surface area contributed by atoms with E-state index in [1.165, 1.54) is 25.9 Å². The van der Waals surface area contributed by atoms with E-state index < -0.39 is 0 Å². The van der Waals surface area contributed by atoms with E-state index in [4.69, 9.17) is 0 Å². The second kappa shape index (κ2) is 8.32. The summed E-state index contributed by atoms with van der Waals surface area (Å²) in [7, 11) is 4.36. The third kappa shape index (κ3) is 5.32. The molecule has 0 radical (unpaired) electrons. The van der Waals surface area contributed by atoms with E-state index in [0.29, 0.717) is 6.04 Å². The number of nitrogens with zero attached hydrogens (tertiary/aromatic N) is 2. The molecule has 1 heterocycles. The Morgan fingerprint density at radius 2 is 1.95 bits per heavy atom. The molecule has 0 aliphatic carbocycles. The number of aliphatic hydroxyl groups is 1. The van der Waals surface area contributed by atoms with E-state index in [1.54, 1.807) is 0 Å². The van der Waals surface area contributed by atoms with Crippen molar-refractivity contribution in [2.24, 2.45) is 0 Å². The van der Waals surface area contributed by atoms with Crippen LogP contribution in [-0.2, 0) is 0 Å². The number of nitrogens with one attached hydrogen (secondary N) is 1. The zero-order chi connectivity index (χ0) is 15.2. The second-order valence-electron chi connectivity index (χ2n) is 6.93. The summed E-state index contributed by atoms with van der Waals surface area (Å²) in [6, 6.07) is 1.26. The minimum atomic E-state index is -0.145. The molecule has 120 valence electrons. The van der Waals surface area contributed by atoms with Crippen LogP contribution < -0.4 is 5.32 Å². The third-order valence-electron chi connectivity index (χ3n) is 4.75. The molecule has 1 saturated heterocycles. The molecule has 0 aromatic heterocycles. The van der Waals surface area contributed by atoms with Crippen LogP contribution >= 0.6 is 0 Å². The molecule has 4 heteroatoms. The number of likely N-dealkylation sites (tertiary alicyclic amines) is 1. The SMILES string of the molecule is CCCNC(C)(CO)CC(C)N1CCC(N(C)C)CC1. The van der Waals surface area contributed by atoms with Gasteiger partial charge in [-0.1, -0.05) is 6.92 Å². The summed E-state index contributed by atoms with van der Waals surface area (Å²) in [5.41, 5.74) is -0.145. The van der Waals surface area contributed by atoms with Crippen molar-refractivity contribution < 1.29 is 5.11 Å². The highest BCUT2D eigenvalue weighted by Crippen LogP contribution is 2.21. The van der Waals surface area contributed by atoms with Crippen molar-refractivity contribution in [3.05, 3.63) is 0 Å². The largest absolute Gasteiger partial charge is 0.394 e. The molecule has 2 N–H and O–H groups in total. The summed E-state index contributed by atoms with van der Waals surface area (Å²) in [4.78, 5) is 4.93. The van der Waals surface area contributed by atoms with E-state index in [1.807, 2.05) is 0 Å². The summed E-state index contributed by atoms with van der Waals surface area (Å²) >= 11 is 0. The van der Waals surface area contributed by atoms with Gasteiger partial charge in [0.15, 0.2) is 0 Å². The van der Waals surface area contributed by atoms with E-state index in [-0.39, 0.29) is 12.1 Å². The number of aliphatic hydroxyl groups excluding tert-OH is 1. The first kappa shape index (κ1) is 17.9. The van der Waals surface area contributed by atoms with E-state index in [2.05, 4.69) is 50.0 Å². The Hall–Kier alpha value is -0.160. The summed E-state index contributed by atoms with van der Waals surface area (Å²) < 4.78 is 0. The highest BCUT2D eigenvalue weighted by molar-refractivity contribution is 4.89. The molecular formula is C16H35N3O. The van der Waals surface area contributed by atoms with Gasteiger partial charge in [0.05, 0.1) is 6.61 Å². The minimum Gasteiger partial charge on any atom is -0.394 e. The van der Waals surface area contributed by atoms with E-state index in [9.17, 15) is 5.11 Å². The van der Waals surface area contributed by atoms with Crippen molar-refractivity contribution in [3.63, 3.8) is 0 Å². The van der Waals surface area contributed by atoms with Gasteiger partial charge in [-0.3, -0.25) is 0 Å². The van der Waals surface area contributed by atoms with Crippen LogP contribution in [0.1, 0.15) is 46.5 Å². The molecule has 0 amide bonds. The van der Waals surface area contributed by atoms with Crippen molar-refractivity contribution in [3.8, 4) is 0 Å². The molecule has 0 saturated carbocycles. The fourth-order valence-corrected chi connectivity index (χ4v) is 3.24. The fraction of sp³-hybridized carbons (Fsp3) is 1.00. The van der Waals surface area contributed by atoms with Crippen LogP contribution in [0, 0.1) is 0 Å². The fourth-order valence-electron chi connectivity index (χ4n) is 3.24. The van der Waals surface area contributed by atoms with Gasteiger partial charge in [0.25, 0.3) is 0 Å². The molecule has 0 aromatic rings. The van der Waals surface area contributed by atoms with Crippen LogP contribution in [0.5, 0.6) is 0 Å². The van der Waals surface area contributed by atoms with Crippen molar-refractivity contribution in [2.45, 2.75) is 64.1 Å². The van der Waals surface area contributed by atoms with E-state index in [0.717, 1.165) is 25.4 Å². The Kier molecular flexibility index (Phi) is 7.45. The molecular weight excluding hydrogens is 250 g/mol. The van der Waals surface area contributed by atoms with Crippen LogP contribution in [0.3, 0.4) is 0 Å². The van der Waals surface area contributed by atoms with Gasteiger partial charge in [-0.15, -0.1) is 0 Å². The maximum atomic E-state index is 9.69. The summed E-state index contributed by atoms with van der Waals surface area (Å²) in [5.74, 6) is 0. The molecule has 4 nitrogen and oxygen atoms in total. The molecule has 1 aliphatic rings. The Morgan fingerprint density at radius 1 is 1.35 bits per heavy atom. The van der Waals surface area contributed by atoms with Gasteiger partial charge in [-0.05, 0) is 73.3 Å². The average Bonchev–Trinajstić information content (AvgIpc) is 2.45. The molecule has 2 atom stereocenters. The van der Waals surface area contributed by atoms with Gasteiger partial charge in [0, 0.05) is 17.6 Å². The van der Waals surface area contributed by atoms with Gasteiger partial charge in [-0.2, -0.15) is 0 Å². The normalized spacial score (nSPS) is 22.9. The predicted octanol–water partition coefficient (Wildman–Crippen LogP) is 1.54. The zero-order valence-electron chi connectivity index (χ0n) is 14.2. The molecule has 1 rings (SSSR count). The Labute approximate surface area is 125 Å². The summed E-state index contributed by atoms with van der Waals surface area (Å²) in [5, 5.41) is 13.2. The molecule has 0 bridgehead atoms. The van der Waals surface area contributed by atoms with Crippen LogP contribution in [-0.4, -0.2) is 72.9 Å². The maximum Gasteiger partial charge on any atom is 0.0611 e. The number of hydrogen-bond acceptors (Lipinski definition) is 4. The van der Waals surface area contributed by atoms with Crippen molar-refractivity contribution in [2.75, 3.05) is 40.3 Å². The molecule has 2 unspecified atom stereocenters. The van der Waals surface area contributed by atoms with Crippen LogP contribution in [0.4, 0.5) is 0 Å². The Balaban J connectivity index is 2.44. The van der Waals surface area contributed by atoms with E-state index >= 15 is 0 Å². The summed E-state index contributed by atoms with van der Waals surface area (Å²) in [6.45, 7) is 10.2. The van der Waals surface area contributed by atoms with Crippen LogP contribution in [0.2, 0.25) is 0 Å². The molecule has 0 spiro atoms. The topological polar surface area (TPSA) is 38.7 Å². The third-order valence-corrected chi connectivity index (χ3v) is 4.75. The van der Waals surface area contributed by atoms with Crippen molar-refractivity contribution in [1.29, 1.82) is 0 Å². The first-order valence-electron chi connectivity index (χ1n) is 8.18. The van der Waals surface area contributed by atoms with Crippen molar-refractivity contribution >= 4 is 0 Å². The predicted molar refractivity (Wildman–Crippen MR) is 86.1 cm³/mol. The summed E-state index contributed by atoms with van der Waals surface area (Å²) in [6.07, 6.45) is 4.64. The smallest absolute Gasteiger partial charge is 0.0611 e. The van der Waals surface area contributed by atoms with Crippen LogP contribution in [0.25, 0.3) is 0 Å². The van der Waals surface area contributed by atoms with Crippen LogP contribution in [0.15, 0.2) is 0 Å². The van der Waals surface area contributed by atoms with Gasteiger partial charge >= 0.3 is 0 Å². The molecule has 1 fully saturated rings. The highest BCUT2D eigenvalue weighted by Gasteiger charge is 2.30. The quantitative estimate of drug-likeness (QED) is 0.710. The minimum absolute atomic E-state index is 0.145. The average molecular weight is 285 g/mol. The first-order valence-corrected chi connectivity index (χ1v) is 8.18. The molecule has 20 heavy (non-hydrogen) atoms. The van der Waals surface area contributed by atoms with Crippen molar-refractivity contribution in [1.82, 2.24) is 15.1 Å². The van der Waals surface area contributed by atoms with Gasteiger partial charge in [0.1, 0.15) is 0 Å². The lowest BCUT2D eigenvalue weighted by Gasteiger charge is -2.41. The Bertz CT molecular complexity index is 264. The maximum absolute atomic E-state index is 9.69. The Morgan fingerprint density at radius 3 is 2.40 bits per heavy atom. The molecule has 1 aliphatic heterocycles. The highest BCUT2D eigenvalue weighted by atomic mass is 16.3. The lowest BCUT2D eigenvalue weighted by atomic mass is 9.92. The zero-order valence-corrected chi connectivity index (χ0v) is 14.2. The second-order valence-corrected chi connectivity index (χ2v) is 6.93. The van der Waals surface area contributed by atoms with Gasteiger partial charge in [-0.25, -0.2) is 0 Å². The van der Waals surface area contributed by atoms with Gasteiger partial charge < -0.3 is 20.2 Å². The lowest BCUT2D eigenvalue weighted by Crippen LogP contribution is -2.52. The number of rotatable bonds is 8. The monoisotopic (exact) mass is 285 g/mol. The van der Waals surface area contributed by atoms with Gasteiger partial charge in [0.2, 0.25) is 0 Å². The number of hydrogen-bond donors (Lipinski definition) is 2. The standard InChI is InChI=1S/C16H35N3O/c1-6-9-17-16(3,13-20)12-14(2)19-10-7-15(8-11-19)18(4)5/h14-15,17,20H,6-13H2,1-5H3.